The Bertz CT molecular complexity index is 2200. The third-order valence-corrected chi connectivity index (χ3v) is 16.2. The zero-order valence-electron chi connectivity index (χ0n) is 29.9. The van der Waals surface area contributed by atoms with E-state index in [9.17, 15) is 0 Å². The SMILES string of the molecule is CC1(C)CCC(C)(C)c2c(N(c3ccccc3)c3ccc4c(c3)C3(c5cc(-c6ccccc6)ccc5S4)C4CC5CC6CC3C64C5)cccc21. The molecule has 1 heterocycles. The van der Waals surface area contributed by atoms with E-state index in [0.717, 1.165) is 23.7 Å². The van der Waals surface area contributed by atoms with Gasteiger partial charge in [0.25, 0.3) is 0 Å². The van der Waals surface area contributed by atoms with Crippen LogP contribution in [0.1, 0.15) is 88.5 Å². The van der Waals surface area contributed by atoms with Crippen LogP contribution in [0.3, 0.4) is 0 Å². The first-order chi connectivity index (χ1) is 24.2. The molecule has 50 heavy (non-hydrogen) atoms. The summed E-state index contributed by atoms with van der Waals surface area (Å²) in [4.78, 5) is 5.60. The van der Waals surface area contributed by atoms with E-state index in [1.807, 2.05) is 11.8 Å². The van der Waals surface area contributed by atoms with Gasteiger partial charge in [-0.25, -0.2) is 0 Å². The Morgan fingerprint density at radius 1 is 0.580 bits per heavy atom. The number of hydrogen-bond acceptors (Lipinski definition) is 2. The average molecular weight is 670 g/mol. The highest BCUT2D eigenvalue weighted by molar-refractivity contribution is 7.99. The highest BCUT2D eigenvalue weighted by atomic mass is 32.2. The fraction of sp³-hybridized carbons (Fsp3) is 0.375. The van der Waals surface area contributed by atoms with E-state index >= 15 is 0 Å². The maximum absolute atomic E-state index is 2.68. The molecule has 0 N–H and O–H groups in total. The summed E-state index contributed by atoms with van der Waals surface area (Å²) in [5.74, 6) is 3.41. The van der Waals surface area contributed by atoms with Crippen molar-refractivity contribution in [2.75, 3.05) is 4.90 Å². The van der Waals surface area contributed by atoms with Crippen LogP contribution in [0.4, 0.5) is 17.1 Å². The van der Waals surface area contributed by atoms with Gasteiger partial charge in [-0.3, -0.25) is 0 Å². The first-order valence-electron chi connectivity index (χ1n) is 19.2. The van der Waals surface area contributed by atoms with Gasteiger partial charge in [0.2, 0.25) is 0 Å². The molecule has 4 saturated carbocycles. The van der Waals surface area contributed by atoms with Crippen LogP contribution in [-0.2, 0) is 16.2 Å². The van der Waals surface area contributed by atoms with Crippen LogP contribution in [0.5, 0.6) is 0 Å². The summed E-state index contributed by atoms with van der Waals surface area (Å²) in [6.07, 6.45) is 8.22. The second-order valence-electron chi connectivity index (χ2n) is 18.1. The molecule has 2 bridgehead atoms. The summed E-state index contributed by atoms with van der Waals surface area (Å²) in [6.45, 7) is 9.85. The molecule has 11 rings (SSSR count). The van der Waals surface area contributed by atoms with Gasteiger partial charge in [0.05, 0.1) is 5.69 Å². The molecule has 0 aromatic heterocycles. The Balaban J connectivity index is 1.14. The van der Waals surface area contributed by atoms with Crippen molar-refractivity contribution < 1.29 is 0 Å². The van der Waals surface area contributed by atoms with Crippen LogP contribution in [-0.4, -0.2) is 0 Å². The Hall–Kier alpha value is -3.75. The minimum Gasteiger partial charge on any atom is -0.310 e. The number of anilines is 3. The fourth-order valence-corrected chi connectivity index (χ4v) is 14.1. The van der Waals surface area contributed by atoms with E-state index < -0.39 is 0 Å². The van der Waals surface area contributed by atoms with Gasteiger partial charge in [0.15, 0.2) is 0 Å². The minimum absolute atomic E-state index is 0.0942. The zero-order valence-corrected chi connectivity index (χ0v) is 30.7. The van der Waals surface area contributed by atoms with E-state index in [1.54, 1.807) is 11.1 Å². The Morgan fingerprint density at radius 3 is 2.06 bits per heavy atom. The summed E-state index contributed by atoms with van der Waals surface area (Å²) >= 11 is 2.03. The first-order valence-corrected chi connectivity index (χ1v) is 20.0. The lowest BCUT2D eigenvalue weighted by atomic mass is 9.26. The zero-order chi connectivity index (χ0) is 33.6. The smallest absolute Gasteiger partial charge is 0.0502 e. The van der Waals surface area contributed by atoms with Gasteiger partial charge in [0, 0.05) is 26.6 Å². The molecule has 5 aromatic carbocycles. The molecule has 0 saturated heterocycles. The van der Waals surface area contributed by atoms with Crippen LogP contribution in [0.25, 0.3) is 11.1 Å². The maximum atomic E-state index is 2.68. The number of hydrogen-bond donors (Lipinski definition) is 0. The van der Waals surface area contributed by atoms with E-state index in [2.05, 4.69) is 148 Å². The molecule has 4 fully saturated rings. The van der Waals surface area contributed by atoms with E-state index in [0.29, 0.717) is 5.41 Å². The summed E-state index contributed by atoms with van der Waals surface area (Å²) in [5.41, 5.74) is 13.8. The van der Waals surface area contributed by atoms with E-state index in [-0.39, 0.29) is 16.2 Å². The van der Waals surface area contributed by atoms with E-state index in [4.69, 9.17) is 0 Å². The van der Waals surface area contributed by atoms with Crippen molar-refractivity contribution in [1.29, 1.82) is 0 Å². The highest BCUT2D eigenvalue weighted by Gasteiger charge is 2.84. The van der Waals surface area contributed by atoms with Crippen molar-refractivity contribution in [1.82, 2.24) is 0 Å². The molecule has 1 aliphatic heterocycles. The largest absolute Gasteiger partial charge is 0.310 e. The van der Waals surface area contributed by atoms with Crippen molar-refractivity contribution in [3.63, 3.8) is 0 Å². The molecule has 6 unspecified atom stereocenters. The van der Waals surface area contributed by atoms with Crippen molar-refractivity contribution in [3.8, 4) is 11.1 Å². The standard InChI is InChI=1S/C48H47NS/c1-45(2)22-23-46(3,4)44-36(45)16-11-17-39(44)49(34-14-9-6-10-15-34)35-19-21-41-38(28-35)48(42-25-30-24-33-27-43(48)47(33,42)29-30)37-26-32(18-20-40(37)50-41)31-12-7-5-8-13-31/h5-21,26,28,30,33,42-43H,22-25,27,29H2,1-4H3. The third-order valence-electron chi connectivity index (χ3n) is 15.0. The molecule has 6 aliphatic rings. The normalized spacial score (nSPS) is 31.1. The van der Waals surface area contributed by atoms with Crippen LogP contribution < -0.4 is 4.90 Å². The van der Waals surface area contributed by atoms with Crippen LogP contribution in [0.2, 0.25) is 0 Å². The third kappa shape index (κ3) is 3.67. The topological polar surface area (TPSA) is 3.24 Å². The van der Waals surface area contributed by atoms with Crippen molar-refractivity contribution in [2.24, 2.45) is 29.1 Å². The lowest BCUT2D eigenvalue weighted by Gasteiger charge is -2.78. The molecule has 5 aromatic rings. The highest BCUT2D eigenvalue weighted by Crippen LogP contribution is 2.89. The molecule has 0 amide bonds. The monoisotopic (exact) mass is 669 g/mol. The number of benzene rings is 5. The lowest BCUT2D eigenvalue weighted by Crippen LogP contribution is -2.74. The van der Waals surface area contributed by atoms with Gasteiger partial charge in [-0.1, -0.05) is 106 Å². The van der Waals surface area contributed by atoms with Gasteiger partial charge >= 0.3 is 0 Å². The molecule has 1 nitrogen and oxygen atoms in total. The molecule has 5 aliphatic carbocycles. The van der Waals surface area contributed by atoms with Gasteiger partial charge in [0.1, 0.15) is 0 Å². The minimum atomic E-state index is 0.0942. The van der Waals surface area contributed by atoms with Crippen molar-refractivity contribution in [2.45, 2.75) is 92.3 Å². The Morgan fingerprint density at radius 2 is 1.28 bits per heavy atom. The lowest BCUT2D eigenvalue weighted by molar-refractivity contribution is -0.235. The molecule has 6 atom stereocenters. The molecule has 250 valence electrons. The summed E-state index contributed by atoms with van der Waals surface area (Å²) in [7, 11) is 0. The van der Waals surface area contributed by atoms with Crippen LogP contribution >= 0.6 is 11.8 Å². The quantitative estimate of drug-likeness (QED) is 0.187. The summed E-state index contributed by atoms with van der Waals surface area (Å²) < 4.78 is 0. The molecular weight excluding hydrogens is 623 g/mol. The first kappa shape index (κ1) is 29.9. The second-order valence-corrected chi connectivity index (χ2v) is 19.1. The van der Waals surface area contributed by atoms with Gasteiger partial charge in [-0.05, 0) is 160 Å². The van der Waals surface area contributed by atoms with Gasteiger partial charge in [-0.15, -0.1) is 0 Å². The van der Waals surface area contributed by atoms with Crippen molar-refractivity contribution in [3.05, 3.63) is 138 Å². The Kier molecular flexibility index (Phi) is 5.97. The fourth-order valence-electron chi connectivity index (χ4n) is 13.0. The number of nitrogens with zero attached hydrogens (tertiary/aromatic N) is 1. The van der Waals surface area contributed by atoms with Crippen LogP contribution in [0, 0.1) is 29.1 Å². The number of fused-ring (bicyclic) bond motifs is 8. The maximum Gasteiger partial charge on any atom is 0.0502 e. The predicted octanol–water partition coefficient (Wildman–Crippen LogP) is 13.0. The number of para-hydroxylation sites is 1. The van der Waals surface area contributed by atoms with Gasteiger partial charge in [-0.2, -0.15) is 0 Å². The van der Waals surface area contributed by atoms with Crippen molar-refractivity contribution >= 4 is 28.8 Å². The van der Waals surface area contributed by atoms with E-state index in [1.165, 1.54) is 87.6 Å². The summed E-state index contributed by atoms with van der Waals surface area (Å²) in [6, 6.07) is 44.6. The van der Waals surface area contributed by atoms with Crippen LogP contribution in [0.15, 0.2) is 125 Å². The molecule has 2 heteroatoms. The molecular formula is C48H47NS. The molecule has 0 radical (unpaired) electrons. The van der Waals surface area contributed by atoms with Gasteiger partial charge < -0.3 is 4.90 Å². The predicted molar refractivity (Wildman–Crippen MR) is 208 cm³/mol. The second kappa shape index (κ2) is 9.97. The Labute approximate surface area is 302 Å². The number of rotatable bonds is 4. The molecule has 2 spiro atoms. The average Bonchev–Trinajstić information content (AvgIpc) is 3.66. The summed E-state index contributed by atoms with van der Waals surface area (Å²) in [5, 5.41) is 0.